The van der Waals surface area contributed by atoms with E-state index in [1.807, 2.05) is 0 Å². The maximum atomic E-state index is 12.6. The first-order valence-corrected chi connectivity index (χ1v) is 10.0. The number of hydrogen-bond acceptors (Lipinski definition) is 5. The van der Waals surface area contributed by atoms with Gasteiger partial charge < -0.3 is 10.4 Å². The Morgan fingerprint density at radius 2 is 1.88 bits per heavy atom. The van der Waals surface area contributed by atoms with Gasteiger partial charge in [0.1, 0.15) is 9.75 Å². The summed E-state index contributed by atoms with van der Waals surface area (Å²) in [6, 6.07) is 3.12. The van der Waals surface area contributed by atoms with E-state index in [0.29, 0.717) is 18.0 Å². The normalized spacial score (nSPS) is 16.8. The summed E-state index contributed by atoms with van der Waals surface area (Å²) in [7, 11) is -3.50. The predicted molar refractivity (Wildman–Crippen MR) is 90.5 cm³/mol. The van der Waals surface area contributed by atoms with Crippen LogP contribution in [0.2, 0.25) is 0 Å². The van der Waals surface area contributed by atoms with E-state index >= 15 is 0 Å². The lowest BCUT2D eigenvalue weighted by molar-refractivity contribution is -0.145. The minimum atomic E-state index is -3.50. The van der Waals surface area contributed by atoms with Crippen molar-refractivity contribution in [2.75, 3.05) is 13.1 Å². The van der Waals surface area contributed by atoms with Crippen LogP contribution in [0.15, 0.2) is 16.3 Å². The van der Waals surface area contributed by atoms with Gasteiger partial charge in [0.15, 0.2) is 0 Å². The number of thiophene rings is 1. The number of carbonyl (C=O) groups is 2. The van der Waals surface area contributed by atoms with Crippen LogP contribution in [0.25, 0.3) is 0 Å². The first-order valence-electron chi connectivity index (χ1n) is 7.76. The van der Waals surface area contributed by atoms with Gasteiger partial charge in [-0.3, -0.25) is 4.79 Å². The van der Waals surface area contributed by atoms with Gasteiger partial charge >= 0.3 is 5.97 Å². The van der Waals surface area contributed by atoms with Crippen molar-refractivity contribution in [3.05, 3.63) is 17.0 Å². The van der Waals surface area contributed by atoms with Gasteiger partial charge in [-0.25, -0.2) is 13.2 Å². The summed E-state index contributed by atoms with van der Waals surface area (Å²) < 4.78 is 26.8. The lowest BCUT2D eigenvalue weighted by atomic mass is 10.1. The Morgan fingerprint density at radius 3 is 2.46 bits per heavy atom. The van der Waals surface area contributed by atoms with Crippen LogP contribution < -0.4 is 5.32 Å². The SMILES string of the molecule is CC(C)(NC(=O)Cc1ccc(S(=O)(=O)N2CCCCC2)s1)C(=O)O. The van der Waals surface area contributed by atoms with E-state index in [0.717, 1.165) is 30.6 Å². The molecule has 0 atom stereocenters. The molecule has 1 saturated heterocycles. The molecule has 2 N–H and O–H groups in total. The third-order valence-electron chi connectivity index (χ3n) is 3.87. The number of amides is 1. The van der Waals surface area contributed by atoms with Gasteiger partial charge in [-0.2, -0.15) is 4.31 Å². The van der Waals surface area contributed by atoms with Crippen molar-refractivity contribution in [1.82, 2.24) is 9.62 Å². The maximum absolute atomic E-state index is 12.6. The van der Waals surface area contributed by atoms with Gasteiger partial charge in [0.05, 0.1) is 6.42 Å². The molecule has 1 amide bonds. The molecule has 0 bridgehead atoms. The Labute approximate surface area is 145 Å². The average Bonchev–Trinajstić information content (AvgIpc) is 2.96. The summed E-state index contributed by atoms with van der Waals surface area (Å²) >= 11 is 1.06. The monoisotopic (exact) mass is 374 g/mol. The van der Waals surface area contributed by atoms with E-state index in [1.54, 1.807) is 6.07 Å². The second-order valence-electron chi connectivity index (χ2n) is 6.34. The van der Waals surface area contributed by atoms with Crippen LogP contribution in [-0.4, -0.2) is 48.3 Å². The van der Waals surface area contributed by atoms with Gasteiger partial charge in [-0.1, -0.05) is 6.42 Å². The van der Waals surface area contributed by atoms with Gasteiger partial charge in [0, 0.05) is 18.0 Å². The molecule has 1 aromatic rings. The third kappa shape index (κ3) is 4.34. The van der Waals surface area contributed by atoms with Crippen molar-refractivity contribution >= 4 is 33.2 Å². The molecule has 9 heteroatoms. The molecule has 134 valence electrons. The van der Waals surface area contributed by atoms with Crippen LogP contribution in [0.3, 0.4) is 0 Å². The summed E-state index contributed by atoms with van der Waals surface area (Å²) in [5.41, 5.74) is -1.36. The number of aliphatic carboxylic acids is 1. The second kappa shape index (κ2) is 7.20. The molecule has 0 aromatic carbocycles. The summed E-state index contributed by atoms with van der Waals surface area (Å²) in [6.07, 6.45) is 2.73. The number of carboxylic acids is 1. The summed E-state index contributed by atoms with van der Waals surface area (Å²) in [4.78, 5) is 23.6. The van der Waals surface area contributed by atoms with E-state index in [2.05, 4.69) is 5.32 Å². The zero-order valence-electron chi connectivity index (χ0n) is 13.7. The van der Waals surface area contributed by atoms with Crippen molar-refractivity contribution in [2.45, 2.75) is 49.3 Å². The van der Waals surface area contributed by atoms with E-state index in [1.165, 1.54) is 24.2 Å². The molecule has 0 saturated carbocycles. The fourth-order valence-corrected chi connectivity index (χ4v) is 5.45. The molecular formula is C15H22N2O5S2. The van der Waals surface area contributed by atoms with E-state index in [4.69, 9.17) is 5.11 Å². The lowest BCUT2D eigenvalue weighted by Crippen LogP contribution is -2.50. The molecule has 24 heavy (non-hydrogen) atoms. The Kier molecular flexibility index (Phi) is 5.67. The maximum Gasteiger partial charge on any atom is 0.328 e. The number of nitrogens with zero attached hydrogens (tertiary/aromatic N) is 1. The number of hydrogen-bond donors (Lipinski definition) is 2. The summed E-state index contributed by atoms with van der Waals surface area (Å²) in [6.45, 7) is 3.85. The Hall–Kier alpha value is -1.45. The molecule has 1 aliphatic rings. The van der Waals surface area contributed by atoms with Crippen molar-refractivity contribution in [1.29, 1.82) is 0 Å². The van der Waals surface area contributed by atoms with E-state index in [9.17, 15) is 18.0 Å². The van der Waals surface area contributed by atoms with Crippen LogP contribution in [0.5, 0.6) is 0 Å². The van der Waals surface area contributed by atoms with Gasteiger partial charge in [-0.15, -0.1) is 11.3 Å². The first-order chi connectivity index (χ1) is 11.1. The van der Waals surface area contributed by atoms with Crippen LogP contribution >= 0.6 is 11.3 Å². The van der Waals surface area contributed by atoms with Crippen molar-refractivity contribution in [3.63, 3.8) is 0 Å². The molecule has 1 aromatic heterocycles. The Morgan fingerprint density at radius 1 is 1.25 bits per heavy atom. The molecular weight excluding hydrogens is 352 g/mol. The summed E-state index contributed by atoms with van der Waals surface area (Å²) in [5.74, 6) is -1.58. The third-order valence-corrected chi connectivity index (χ3v) is 7.32. The van der Waals surface area contributed by atoms with Gasteiger partial charge in [0.25, 0.3) is 10.0 Å². The lowest BCUT2D eigenvalue weighted by Gasteiger charge is -2.25. The zero-order valence-corrected chi connectivity index (χ0v) is 15.4. The smallest absolute Gasteiger partial charge is 0.328 e. The quantitative estimate of drug-likeness (QED) is 0.784. The largest absolute Gasteiger partial charge is 0.480 e. The first kappa shape index (κ1) is 18.9. The number of rotatable bonds is 6. The van der Waals surface area contributed by atoms with Crippen molar-refractivity contribution < 1.29 is 23.1 Å². The molecule has 1 aliphatic heterocycles. The minimum Gasteiger partial charge on any atom is -0.480 e. The number of carboxylic acid groups (broad SMARTS) is 1. The zero-order chi connectivity index (χ0) is 18.0. The molecule has 1 fully saturated rings. The predicted octanol–water partition coefficient (Wildman–Crippen LogP) is 1.44. The van der Waals surface area contributed by atoms with Crippen molar-refractivity contribution in [2.24, 2.45) is 0 Å². The summed E-state index contributed by atoms with van der Waals surface area (Å²) in [5, 5.41) is 11.4. The highest BCUT2D eigenvalue weighted by atomic mass is 32.2. The number of sulfonamides is 1. The second-order valence-corrected chi connectivity index (χ2v) is 9.67. The minimum absolute atomic E-state index is 0.0447. The van der Waals surface area contributed by atoms with Gasteiger partial charge in [0.2, 0.25) is 5.91 Å². The van der Waals surface area contributed by atoms with Crippen LogP contribution in [0, 0.1) is 0 Å². The molecule has 0 unspecified atom stereocenters. The molecule has 0 radical (unpaired) electrons. The molecule has 2 rings (SSSR count). The van der Waals surface area contributed by atoms with E-state index < -0.39 is 27.4 Å². The van der Waals surface area contributed by atoms with Crippen LogP contribution in [0.1, 0.15) is 38.0 Å². The van der Waals surface area contributed by atoms with Crippen LogP contribution in [0.4, 0.5) is 0 Å². The highest BCUT2D eigenvalue weighted by Gasteiger charge is 2.30. The van der Waals surface area contributed by atoms with Crippen molar-refractivity contribution in [3.8, 4) is 0 Å². The highest BCUT2D eigenvalue weighted by Crippen LogP contribution is 2.27. The molecule has 0 aliphatic carbocycles. The standard InChI is InChI=1S/C15H22N2O5S2/c1-15(2,14(19)20)16-12(18)10-11-6-7-13(23-11)24(21,22)17-8-4-3-5-9-17/h6-7H,3-5,8-10H2,1-2H3,(H,16,18)(H,19,20). The Balaban J connectivity index is 2.05. The topological polar surface area (TPSA) is 104 Å². The fourth-order valence-electron chi connectivity index (χ4n) is 2.43. The van der Waals surface area contributed by atoms with Gasteiger partial charge in [-0.05, 0) is 38.8 Å². The number of nitrogens with one attached hydrogen (secondary N) is 1. The fraction of sp³-hybridized carbons (Fsp3) is 0.600. The molecule has 0 spiro atoms. The molecule has 7 nitrogen and oxygen atoms in total. The highest BCUT2D eigenvalue weighted by molar-refractivity contribution is 7.91. The Bertz CT molecular complexity index is 718. The van der Waals surface area contributed by atoms with Crippen LogP contribution in [-0.2, 0) is 26.0 Å². The average molecular weight is 374 g/mol. The van der Waals surface area contributed by atoms with E-state index in [-0.39, 0.29) is 10.6 Å². The number of carbonyl (C=O) groups excluding carboxylic acids is 1. The number of piperidine rings is 1. The molecule has 2 heterocycles.